The molecular weight excluding hydrogens is 282 g/mol. The molecule has 0 aliphatic heterocycles. The fraction of sp³-hybridized carbons (Fsp3) is 0.385. The lowest BCUT2D eigenvalue weighted by atomic mass is 10.1. The molecule has 19 heavy (non-hydrogen) atoms. The highest BCUT2D eigenvalue weighted by Crippen LogP contribution is 2.28. The van der Waals surface area contributed by atoms with Gasteiger partial charge in [-0.3, -0.25) is 4.79 Å². The van der Waals surface area contributed by atoms with E-state index in [0.29, 0.717) is 16.7 Å². The highest BCUT2D eigenvalue weighted by atomic mass is 35.5. The van der Waals surface area contributed by atoms with Crippen molar-refractivity contribution in [3.05, 3.63) is 23.2 Å². The number of carbonyl (C=O) groups is 1. The van der Waals surface area contributed by atoms with E-state index in [0.717, 1.165) is 16.8 Å². The number of halogens is 1. The Balaban J connectivity index is 2.06. The number of amides is 1. The van der Waals surface area contributed by atoms with Gasteiger partial charge in [-0.2, -0.15) is 0 Å². The maximum atomic E-state index is 12.0. The van der Waals surface area contributed by atoms with E-state index in [1.165, 1.54) is 11.3 Å². The van der Waals surface area contributed by atoms with E-state index in [9.17, 15) is 4.79 Å². The van der Waals surface area contributed by atoms with Gasteiger partial charge in [-0.05, 0) is 24.7 Å². The highest BCUT2D eigenvalue weighted by Gasteiger charge is 2.14. The Labute approximate surface area is 121 Å². The van der Waals surface area contributed by atoms with E-state index in [-0.39, 0.29) is 11.8 Å². The molecule has 2 rings (SSSR count). The van der Waals surface area contributed by atoms with Crippen LogP contribution in [0.1, 0.15) is 13.8 Å². The number of rotatable bonds is 5. The molecule has 1 atom stereocenters. The molecule has 4 nitrogen and oxygen atoms in total. The Bertz CT molecular complexity index is 584. The summed E-state index contributed by atoms with van der Waals surface area (Å²) < 4.78 is 0.974. The average molecular weight is 298 g/mol. The van der Waals surface area contributed by atoms with Gasteiger partial charge < -0.3 is 10.6 Å². The minimum absolute atomic E-state index is 0.0221. The number of hydrogen-bond donors (Lipinski definition) is 2. The van der Waals surface area contributed by atoms with Crippen molar-refractivity contribution in [2.45, 2.75) is 13.8 Å². The van der Waals surface area contributed by atoms with Crippen molar-refractivity contribution >= 4 is 44.2 Å². The zero-order valence-electron chi connectivity index (χ0n) is 10.9. The molecule has 0 saturated carbocycles. The molecule has 2 aromatic rings. The zero-order valence-corrected chi connectivity index (χ0v) is 12.4. The number of nitrogens with one attached hydrogen (secondary N) is 2. The van der Waals surface area contributed by atoms with E-state index in [1.54, 1.807) is 6.07 Å². The Kier molecular flexibility index (Phi) is 4.74. The number of nitrogens with zero attached hydrogens (tertiary/aromatic N) is 1. The SMILES string of the molecule is CCNCC(C)C(=O)Nc1nc2ccc(Cl)cc2s1. The summed E-state index contributed by atoms with van der Waals surface area (Å²) >= 11 is 7.36. The molecule has 0 bridgehead atoms. The molecule has 1 aromatic carbocycles. The second-order valence-corrected chi connectivity index (χ2v) is 5.80. The molecule has 6 heteroatoms. The standard InChI is InChI=1S/C13H16ClN3OS/c1-3-15-7-8(2)12(18)17-13-16-10-5-4-9(14)6-11(10)19-13/h4-6,8,15H,3,7H2,1-2H3,(H,16,17,18). The summed E-state index contributed by atoms with van der Waals surface area (Å²) in [5, 5.41) is 7.29. The number of hydrogen-bond acceptors (Lipinski definition) is 4. The number of carbonyl (C=O) groups excluding carboxylic acids is 1. The first-order valence-electron chi connectivity index (χ1n) is 6.18. The number of aromatic nitrogens is 1. The van der Waals surface area contributed by atoms with Crippen LogP contribution in [0.5, 0.6) is 0 Å². The molecule has 2 N–H and O–H groups in total. The van der Waals surface area contributed by atoms with E-state index in [2.05, 4.69) is 15.6 Å². The highest BCUT2D eigenvalue weighted by molar-refractivity contribution is 7.22. The van der Waals surface area contributed by atoms with Gasteiger partial charge in [0.15, 0.2) is 5.13 Å². The Morgan fingerprint density at radius 1 is 1.53 bits per heavy atom. The quantitative estimate of drug-likeness (QED) is 0.891. The lowest BCUT2D eigenvalue weighted by molar-refractivity contribution is -0.119. The third kappa shape index (κ3) is 3.65. The fourth-order valence-electron chi connectivity index (χ4n) is 1.63. The minimum Gasteiger partial charge on any atom is -0.316 e. The van der Waals surface area contributed by atoms with Gasteiger partial charge in [-0.1, -0.05) is 36.8 Å². The first-order valence-corrected chi connectivity index (χ1v) is 7.37. The second kappa shape index (κ2) is 6.32. The van der Waals surface area contributed by atoms with Crippen molar-refractivity contribution in [1.29, 1.82) is 0 Å². The van der Waals surface area contributed by atoms with Crippen molar-refractivity contribution in [2.75, 3.05) is 18.4 Å². The first-order chi connectivity index (χ1) is 9.10. The van der Waals surface area contributed by atoms with E-state index < -0.39 is 0 Å². The molecule has 1 unspecified atom stereocenters. The van der Waals surface area contributed by atoms with E-state index in [4.69, 9.17) is 11.6 Å². The number of anilines is 1. The lowest BCUT2D eigenvalue weighted by Crippen LogP contribution is -2.30. The normalized spacial score (nSPS) is 12.6. The summed E-state index contributed by atoms with van der Waals surface area (Å²) in [6.07, 6.45) is 0. The molecule has 102 valence electrons. The van der Waals surface area contributed by atoms with Crippen LogP contribution in [-0.2, 0) is 4.79 Å². The monoisotopic (exact) mass is 297 g/mol. The van der Waals surface area contributed by atoms with Crippen molar-refractivity contribution in [1.82, 2.24) is 10.3 Å². The molecule has 0 fully saturated rings. The van der Waals surface area contributed by atoms with Gasteiger partial charge in [-0.25, -0.2) is 4.98 Å². The van der Waals surface area contributed by atoms with Gasteiger partial charge in [0.25, 0.3) is 0 Å². The summed E-state index contributed by atoms with van der Waals surface area (Å²) in [5.41, 5.74) is 0.851. The Morgan fingerprint density at radius 2 is 2.32 bits per heavy atom. The zero-order chi connectivity index (χ0) is 13.8. The predicted octanol–water partition coefficient (Wildman–Crippen LogP) is 3.13. The lowest BCUT2D eigenvalue weighted by Gasteiger charge is -2.10. The third-order valence-corrected chi connectivity index (χ3v) is 3.90. The van der Waals surface area contributed by atoms with Crippen LogP contribution in [-0.4, -0.2) is 24.0 Å². The molecule has 1 aromatic heterocycles. The average Bonchev–Trinajstić information content (AvgIpc) is 2.77. The minimum atomic E-state index is -0.0875. The molecular formula is C13H16ClN3OS. The van der Waals surface area contributed by atoms with Gasteiger partial charge in [-0.15, -0.1) is 0 Å². The van der Waals surface area contributed by atoms with Crippen molar-refractivity contribution in [3.8, 4) is 0 Å². The third-order valence-electron chi connectivity index (χ3n) is 2.73. The Hall–Kier alpha value is -1.17. The van der Waals surface area contributed by atoms with Gasteiger partial charge in [0.2, 0.25) is 5.91 Å². The van der Waals surface area contributed by atoms with Gasteiger partial charge >= 0.3 is 0 Å². The summed E-state index contributed by atoms with van der Waals surface area (Å²) in [7, 11) is 0. The number of thiazole rings is 1. The van der Waals surface area contributed by atoms with Crippen molar-refractivity contribution < 1.29 is 4.79 Å². The van der Waals surface area contributed by atoms with Gasteiger partial charge in [0.05, 0.1) is 10.2 Å². The van der Waals surface area contributed by atoms with Crippen LogP contribution in [0.4, 0.5) is 5.13 Å². The van der Waals surface area contributed by atoms with Gasteiger partial charge in [0, 0.05) is 17.5 Å². The fourth-order valence-corrected chi connectivity index (χ4v) is 2.78. The first kappa shape index (κ1) is 14.2. The topological polar surface area (TPSA) is 54.0 Å². The molecule has 0 spiro atoms. The summed E-state index contributed by atoms with van der Waals surface area (Å²) in [6.45, 7) is 5.43. The summed E-state index contributed by atoms with van der Waals surface area (Å²) in [5.74, 6) is -0.110. The second-order valence-electron chi connectivity index (χ2n) is 4.33. The molecule has 0 saturated heterocycles. The maximum Gasteiger partial charge on any atom is 0.230 e. The maximum absolute atomic E-state index is 12.0. The van der Waals surface area contributed by atoms with Crippen LogP contribution in [0.3, 0.4) is 0 Å². The van der Waals surface area contributed by atoms with Crippen molar-refractivity contribution in [2.24, 2.45) is 5.92 Å². The largest absolute Gasteiger partial charge is 0.316 e. The molecule has 0 aliphatic rings. The van der Waals surface area contributed by atoms with Crippen LogP contribution in [0.2, 0.25) is 5.02 Å². The van der Waals surface area contributed by atoms with Crippen LogP contribution >= 0.6 is 22.9 Å². The number of benzene rings is 1. The van der Waals surface area contributed by atoms with E-state index >= 15 is 0 Å². The molecule has 0 aliphatic carbocycles. The van der Waals surface area contributed by atoms with Crippen LogP contribution < -0.4 is 10.6 Å². The summed E-state index contributed by atoms with van der Waals surface area (Å²) in [6, 6.07) is 5.50. The van der Waals surface area contributed by atoms with Crippen LogP contribution in [0.15, 0.2) is 18.2 Å². The van der Waals surface area contributed by atoms with E-state index in [1.807, 2.05) is 26.0 Å². The van der Waals surface area contributed by atoms with Crippen LogP contribution in [0.25, 0.3) is 10.2 Å². The molecule has 1 amide bonds. The van der Waals surface area contributed by atoms with Gasteiger partial charge in [0.1, 0.15) is 0 Å². The predicted molar refractivity (Wildman–Crippen MR) is 81.0 cm³/mol. The molecule has 0 radical (unpaired) electrons. The van der Waals surface area contributed by atoms with Crippen molar-refractivity contribution in [3.63, 3.8) is 0 Å². The Morgan fingerprint density at radius 3 is 3.05 bits per heavy atom. The summed E-state index contributed by atoms with van der Waals surface area (Å²) in [4.78, 5) is 16.3. The molecule has 1 heterocycles. The van der Waals surface area contributed by atoms with Crippen LogP contribution in [0, 0.1) is 5.92 Å². The smallest absolute Gasteiger partial charge is 0.230 e. The number of fused-ring (bicyclic) bond motifs is 1.